The molecule has 0 unspecified atom stereocenters. The lowest BCUT2D eigenvalue weighted by Crippen LogP contribution is -1.86. The van der Waals surface area contributed by atoms with Gasteiger partial charge >= 0.3 is 0 Å². The number of nitro benzene ring substituents is 2. The molecular formula is C20H8N2O4. The van der Waals surface area contributed by atoms with Crippen LogP contribution in [0.3, 0.4) is 0 Å². The maximum absolute atomic E-state index is 10.5. The molecule has 0 saturated heterocycles. The normalized spacial score (nSPS) is 8.15. The Balaban J connectivity index is 1.94. The van der Waals surface area contributed by atoms with E-state index in [0.717, 1.165) is 0 Å². The Morgan fingerprint density at radius 3 is 1.15 bits per heavy atom. The fourth-order valence-corrected chi connectivity index (χ4v) is 1.66. The van der Waals surface area contributed by atoms with Crippen LogP contribution >= 0.6 is 0 Å². The van der Waals surface area contributed by atoms with E-state index in [2.05, 4.69) is 47.4 Å². The molecule has 0 aliphatic heterocycles. The van der Waals surface area contributed by atoms with Crippen molar-refractivity contribution in [1.29, 1.82) is 0 Å². The third-order valence-corrected chi connectivity index (χ3v) is 2.88. The van der Waals surface area contributed by atoms with Crippen LogP contribution in [-0.4, -0.2) is 9.85 Å². The van der Waals surface area contributed by atoms with E-state index in [-0.39, 0.29) is 11.4 Å². The highest BCUT2D eigenvalue weighted by Crippen LogP contribution is 2.11. The third-order valence-electron chi connectivity index (χ3n) is 2.88. The number of non-ortho nitro benzene ring substituents is 2. The molecule has 6 heteroatoms. The number of rotatable bonds is 2. The van der Waals surface area contributed by atoms with Crippen LogP contribution in [0.2, 0.25) is 0 Å². The molecule has 2 aromatic carbocycles. The quantitative estimate of drug-likeness (QED) is 0.478. The molecule has 0 atom stereocenters. The zero-order valence-corrected chi connectivity index (χ0v) is 13.1. The van der Waals surface area contributed by atoms with E-state index < -0.39 is 9.85 Å². The van der Waals surface area contributed by atoms with Crippen molar-refractivity contribution in [3.05, 3.63) is 79.9 Å². The van der Waals surface area contributed by atoms with Gasteiger partial charge in [-0.2, -0.15) is 0 Å². The summed E-state index contributed by atoms with van der Waals surface area (Å²) in [5, 5.41) is 21.0. The lowest BCUT2D eigenvalue weighted by Gasteiger charge is -1.90. The Bertz CT molecular complexity index is 995. The van der Waals surface area contributed by atoms with Gasteiger partial charge in [0, 0.05) is 35.4 Å². The van der Waals surface area contributed by atoms with Gasteiger partial charge in [-0.1, -0.05) is 11.8 Å². The first kappa shape index (κ1) is 17.8. The predicted molar refractivity (Wildman–Crippen MR) is 95.5 cm³/mol. The largest absolute Gasteiger partial charge is 0.269 e. The number of nitro groups is 2. The zero-order chi connectivity index (χ0) is 18.8. The van der Waals surface area contributed by atoms with E-state index in [1.54, 1.807) is 0 Å². The van der Waals surface area contributed by atoms with E-state index in [0.29, 0.717) is 11.1 Å². The predicted octanol–water partition coefficient (Wildman–Crippen LogP) is 2.91. The van der Waals surface area contributed by atoms with Gasteiger partial charge in [-0.25, -0.2) is 0 Å². The number of hydrogen-bond acceptors (Lipinski definition) is 4. The van der Waals surface area contributed by atoms with Crippen molar-refractivity contribution in [2.75, 3.05) is 0 Å². The molecule has 0 fully saturated rings. The lowest BCUT2D eigenvalue weighted by molar-refractivity contribution is -0.385. The summed E-state index contributed by atoms with van der Waals surface area (Å²) >= 11 is 0. The van der Waals surface area contributed by atoms with Crippen molar-refractivity contribution in [3.8, 4) is 47.4 Å². The van der Waals surface area contributed by atoms with Crippen LogP contribution in [-0.2, 0) is 0 Å². The van der Waals surface area contributed by atoms with Gasteiger partial charge in [0.05, 0.1) is 9.85 Å². The fraction of sp³-hybridized carbons (Fsp3) is 0. The first-order valence-corrected chi connectivity index (χ1v) is 7.07. The molecule has 0 aliphatic carbocycles. The van der Waals surface area contributed by atoms with E-state index in [4.69, 9.17) is 0 Å². The molecule has 122 valence electrons. The Kier molecular flexibility index (Phi) is 6.13. The van der Waals surface area contributed by atoms with Gasteiger partial charge in [-0.05, 0) is 59.8 Å². The Labute approximate surface area is 149 Å². The van der Waals surface area contributed by atoms with E-state index in [1.807, 2.05) is 0 Å². The SMILES string of the molecule is O=[N+]([O-])c1ccc(C#CC#CC#CC#Cc2ccc([N+](=O)[O-])cc2)cc1. The molecule has 0 heterocycles. The molecule has 0 N–H and O–H groups in total. The second-order valence-electron chi connectivity index (χ2n) is 4.61. The Morgan fingerprint density at radius 2 is 0.846 bits per heavy atom. The first-order valence-electron chi connectivity index (χ1n) is 7.07. The molecule has 26 heavy (non-hydrogen) atoms. The van der Waals surface area contributed by atoms with E-state index in [1.165, 1.54) is 48.5 Å². The summed E-state index contributed by atoms with van der Waals surface area (Å²) in [6.07, 6.45) is 0. The summed E-state index contributed by atoms with van der Waals surface area (Å²) in [7, 11) is 0. The average molecular weight is 340 g/mol. The average Bonchev–Trinajstić information content (AvgIpc) is 2.64. The van der Waals surface area contributed by atoms with Crippen LogP contribution in [0.5, 0.6) is 0 Å². The maximum Gasteiger partial charge on any atom is 0.269 e. The summed E-state index contributed by atoms with van der Waals surface area (Å²) < 4.78 is 0. The smallest absolute Gasteiger partial charge is 0.258 e. The minimum atomic E-state index is -0.482. The monoisotopic (exact) mass is 340 g/mol. The second kappa shape index (κ2) is 8.94. The van der Waals surface area contributed by atoms with Crippen molar-refractivity contribution in [1.82, 2.24) is 0 Å². The molecule has 0 aromatic heterocycles. The fourth-order valence-electron chi connectivity index (χ4n) is 1.66. The summed E-state index contributed by atoms with van der Waals surface area (Å²) in [5.41, 5.74) is 1.21. The number of hydrogen-bond donors (Lipinski definition) is 0. The van der Waals surface area contributed by atoms with Crippen LogP contribution in [0.15, 0.2) is 48.5 Å². The number of nitrogens with zero attached hydrogens (tertiary/aromatic N) is 2. The Morgan fingerprint density at radius 1 is 0.538 bits per heavy atom. The maximum atomic E-state index is 10.5. The third kappa shape index (κ3) is 5.60. The molecule has 2 aromatic rings. The summed E-state index contributed by atoms with van der Waals surface area (Å²) in [5.74, 6) is 20.7. The molecule has 0 bridgehead atoms. The lowest BCUT2D eigenvalue weighted by atomic mass is 10.2. The van der Waals surface area contributed by atoms with Gasteiger partial charge in [0.25, 0.3) is 11.4 Å². The zero-order valence-electron chi connectivity index (χ0n) is 13.1. The minimum absolute atomic E-state index is 0.000837. The molecule has 6 nitrogen and oxygen atoms in total. The van der Waals surface area contributed by atoms with Crippen molar-refractivity contribution in [2.24, 2.45) is 0 Å². The standard InChI is InChI=1S/C20H8N2O4/c23-21(24)19-13-9-17(10-14-19)7-5-3-1-2-4-6-8-18-11-15-20(16-12-18)22(25)26/h9-16H. The van der Waals surface area contributed by atoms with Gasteiger partial charge in [-0.3, -0.25) is 20.2 Å². The highest BCUT2D eigenvalue weighted by atomic mass is 16.6. The minimum Gasteiger partial charge on any atom is -0.258 e. The Hall–Kier alpha value is -4.52. The van der Waals surface area contributed by atoms with Crippen molar-refractivity contribution < 1.29 is 9.85 Å². The van der Waals surface area contributed by atoms with Gasteiger partial charge in [0.1, 0.15) is 0 Å². The van der Waals surface area contributed by atoms with Crippen LogP contribution < -0.4 is 0 Å². The first-order chi connectivity index (χ1) is 12.6. The van der Waals surface area contributed by atoms with E-state index >= 15 is 0 Å². The van der Waals surface area contributed by atoms with Crippen LogP contribution in [0.4, 0.5) is 11.4 Å². The molecular weight excluding hydrogens is 332 g/mol. The molecule has 0 amide bonds. The molecule has 0 radical (unpaired) electrons. The van der Waals surface area contributed by atoms with Crippen molar-refractivity contribution in [2.45, 2.75) is 0 Å². The van der Waals surface area contributed by atoms with Gasteiger partial charge in [-0.15, -0.1) is 0 Å². The molecule has 0 aliphatic rings. The summed E-state index contributed by atoms with van der Waals surface area (Å²) in [4.78, 5) is 20.1. The highest BCUT2D eigenvalue weighted by molar-refractivity contribution is 5.48. The van der Waals surface area contributed by atoms with Crippen molar-refractivity contribution in [3.63, 3.8) is 0 Å². The van der Waals surface area contributed by atoms with Gasteiger partial charge in [0.2, 0.25) is 0 Å². The summed E-state index contributed by atoms with van der Waals surface area (Å²) in [6.45, 7) is 0. The number of benzene rings is 2. The molecule has 2 rings (SSSR count). The van der Waals surface area contributed by atoms with Crippen LogP contribution in [0, 0.1) is 67.6 Å². The molecule has 0 saturated carbocycles. The van der Waals surface area contributed by atoms with Gasteiger partial charge in [0.15, 0.2) is 0 Å². The van der Waals surface area contributed by atoms with Crippen molar-refractivity contribution >= 4 is 11.4 Å². The molecule has 0 spiro atoms. The second-order valence-corrected chi connectivity index (χ2v) is 4.61. The highest BCUT2D eigenvalue weighted by Gasteiger charge is 2.02. The van der Waals surface area contributed by atoms with E-state index in [9.17, 15) is 20.2 Å². The van der Waals surface area contributed by atoms with Crippen LogP contribution in [0.25, 0.3) is 0 Å². The van der Waals surface area contributed by atoms with Crippen LogP contribution in [0.1, 0.15) is 11.1 Å². The van der Waals surface area contributed by atoms with Gasteiger partial charge < -0.3 is 0 Å². The topological polar surface area (TPSA) is 86.3 Å². The summed E-state index contributed by atoms with van der Waals surface area (Å²) in [6, 6.07) is 11.6.